The lowest BCUT2D eigenvalue weighted by atomic mass is 10.2. The molecule has 0 aliphatic rings. The van der Waals surface area contributed by atoms with E-state index in [1.165, 1.54) is 0 Å². The van der Waals surface area contributed by atoms with Crippen LogP contribution in [-0.4, -0.2) is 43.7 Å². The molecule has 0 unspecified atom stereocenters. The first kappa shape index (κ1) is 23.5. The number of aliphatic imine (C=N–C) groups is 1. The number of ether oxygens (including phenoxy) is 2. The zero-order valence-electron chi connectivity index (χ0n) is 16.6. The van der Waals surface area contributed by atoms with E-state index in [2.05, 4.69) is 32.5 Å². The van der Waals surface area contributed by atoms with Gasteiger partial charge in [0.2, 0.25) is 0 Å². The largest absolute Gasteiger partial charge is 0.493 e. The molecule has 1 N–H and O–H groups in total. The second kappa shape index (κ2) is 12.0. The molecule has 0 saturated heterocycles. The molecular weight excluding hydrogens is 475 g/mol. The summed E-state index contributed by atoms with van der Waals surface area (Å²) in [4.78, 5) is 10.9. The molecular formula is C19H29IN4O2S. The van der Waals surface area contributed by atoms with Crippen molar-refractivity contribution in [3.05, 3.63) is 39.8 Å². The van der Waals surface area contributed by atoms with Gasteiger partial charge < -0.3 is 19.7 Å². The van der Waals surface area contributed by atoms with Gasteiger partial charge in [-0.05, 0) is 31.0 Å². The first-order valence-electron chi connectivity index (χ1n) is 8.69. The average Bonchev–Trinajstić information content (AvgIpc) is 3.05. The molecule has 0 aliphatic carbocycles. The number of hydrogen-bond donors (Lipinski definition) is 1. The summed E-state index contributed by atoms with van der Waals surface area (Å²) in [6.07, 6.45) is 0.966. The summed E-state index contributed by atoms with van der Waals surface area (Å²) in [5.41, 5.74) is 2.15. The van der Waals surface area contributed by atoms with Gasteiger partial charge >= 0.3 is 0 Å². The van der Waals surface area contributed by atoms with Crippen molar-refractivity contribution in [1.82, 2.24) is 15.2 Å². The number of hydrogen-bond acceptors (Lipinski definition) is 5. The molecule has 0 fully saturated rings. The molecule has 1 heterocycles. The molecule has 27 heavy (non-hydrogen) atoms. The monoisotopic (exact) mass is 504 g/mol. The number of methoxy groups -OCH3 is 1. The van der Waals surface area contributed by atoms with Gasteiger partial charge in [-0.15, -0.1) is 35.3 Å². The maximum atomic E-state index is 5.70. The predicted octanol–water partition coefficient (Wildman–Crippen LogP) is 4.07. The number of nitrogens with one attached hydrogen (secondary N) is 1. The summed E-state index contributed by atoms with van der Waals surface area (Å²) in [6.45, 7) is 6.15. The van der Waals surface area contributed by atoms with Gasteiger partial charge in [0.15, 0.2) is 17.5 Å². The third-order valence-electron chi connectivity index (χ3n) is 3.78. The van der Waals surface area contributed by atoms with Gasteiger partial charge in [0.25, 0.3) is 0 Å². The second-order valence-electron chi connectivity index (χ2n) is 5.95. The van der Waals surface area contributed by atoms with Gasteiger partial charge in [-0.1, -0.05) is 13.0 Å². The van der Waals surface area contributed by atoms with E-state index in [0.717, 1.165) is 46.7 Å². The van der Waals surface area contributed by atoms with Gasteiger partial charge in [0.1, 0.15) is 0 Å². The number of nitrogens with zero attached hydrogens (tertiary/aromatic N) is 3. The Morgan fingerprint density at radius 2 is 2.11 bits per heavy atom. The minimum atomic E-state index is 0. The number of aryl methyl sites for hydroxylation is 1. The van der Waals surface area contributed by atoms with Gasteiger partial charge in [0.05, 0.1) is 31.0 Å². The Morgan fingerprint density at radius 3 is 2.70 bits per heavy atom. The molecule has 0 atom stereocenters. The first-order valence-corrected chi connectivity index (χ1v) is 9.57. The minimum absolute atomic E-state index is 0. The van der Waals surface area contributed by atoms with Crippen LogP contribution in [0, 0.1) is 6.92 Å². The number of aromatic nitrogens is 1. The zero-order chi connectivity index (χ0) is 18.9. The normalized spacial score (nSPS) is 10.9. The number of guanidine groups is 1. The quantitative estimate of drug-likeness (QED) is 0.334. The van der Waals surface area contributed by atoms with Crippen molar-refractivity contribution in [3.63, 3.8) is 0 Å². The highest BCUT2D eigenvalue weighted by atomic mass is 127. The third kappa shape index (κ3) is 7.17. The van der Waals surface area contributed by atoms with E-state index in [1.54, 1.807) is 25.5 Å². The molecule has 8 heteroatoms. The maximum absolute atomic E-state index is 5.70. The van der Waals surface area contributed by atoms with E-state index in [1.807, 2.05) is 32.2 Å². The van der Waals surface area contributed by atoms with Crippen LogP contribution in [0.5, 0.6) is 11.5 Å². The minimum Gasteiger partial charge on any atom is -0.493 e. The molecule has 0 saturated carbocycles. The Hall–Kier alpha value is -1.55. The van der Waals surface area contributed by atoms with Crippen LogP contribution in [0.1, 0.15) is 29.6 Å². The lowest BCUT2D eigenvalue weighted by Gasteiger charge is -2.21. The molecule has 0 radical (unpaired) electrons. The van der Waals surface area contributed by atoms with Crippen molar-refractivity contribution >= 4 is 41.3 Å². The van der Waals surface area contributed by atoms with Gasteiger partial charge in [0, 0.05) is 26.0 Å². The molecule has 1 aromatic heterocycles. The van der Waals surface area contributed by atoms with Crippen LogP contribution in [0.3, 0.4) is 0 Å². The van der Waals surface area contributed by atoms with E-state index < -0.39 is 0 Å². The van der Waals surface area contributed by atoms with Crippen LogP contribution < -0.4 is 14.8 Å². The molecule has 1 aromatic carbocycles. The number of halogens is 1. The van der Waals surface area contributed by atoms with E-state index in [9.17, 15) is 0 Å². The summed E-state index contributed by atoms with van der Waals surface area (Å²) in [6, 6.07) is 5.99. The fourth-order valence-corrected chi connectivity index (χ4v) is 3.12. The van der Waals surface area contributed by atoms with Crippen LogP contribution in [0.15, 0.2) is 28.6 Å². The molecule has 6 nitrogen and oxygen atoms in total. The molecule has 150 valence electrons. The van der Waals surface area contributed by atoms with Crippen molar-refractivity contribution in [1.29, 1.82) is 0 Å². The smallest absolute Gasteiger partial charge is 0.194 e. The molecule has 0 aliphatic heterocycles. The first-order chi connectivity index (χ1) is 12.6. The molecule has 2 aromatic rings. The van der Waals surface area contributed by atoms with E-state index in [-0.39, 0.29) is 24.0 Å². The van der Waals surface area contributed by atoms with E-state index in [0.29, 0.717) is 13.2 Å². The van der Waals surface area contributed by atoms with Crippen molar-refractivity contribution < 1.29 is 9.47 Å². The third-order valence-corrected chi connectivity index (χ3v) is 4.60. The summed E-state index contributed by atoms with van der Waals surface area (Å²) < 4.78 is 11.1. The van der Waals surface area contributed by atoms with Crippen molar-refractivity contribution in [3.8, 4) is 11.5 Å². The van der Waals surface area contributed by atoms with Crippen LogP contribution in [0.2, 0.25) is 0 Å². The molecule has 2 rings (SSSR count). The Balaban J connectivity index is 0.00000364. The SMILES string of the molecule is CCCOc1ccc(CNC(=NC)N(C)Cc2csc(C)n2)cc1OC.I. The Bertz CT molecular complexity index is 736. The lowest BCUT2D eigenvalue weighted by Crippen LogP contribution is -2.38. The maximum Gasteiger partial charge on any atom is 0.194 e. The highest BCUT2D eigenvalue weighted by Crippen LogP contribution is 2.28. The molecule has 0 amide bonds. The summed E-state index contributed by atoms with van der Waals surface area (Å²) >= 11 is 1.66. The Labute approximate surface area is 183 Å². The topological polar surface area (TPSA) is 59.0 Å². The highest BCUT2D eigenvalue weighted by molar-refractivity contribution is 14.0. The average molecular weight is 504 g/mol. The van der Waals surface area contributed by atoms with Crippen molar-refractivity contribution in [2.75, 3.05) is 27.8 Å². The lowest BCUT2D eigenvalue weighted by molar-refractivity contribution is 0.294. The molecule has 0 bridgehead atoms. The Kier molecular flexibility index (Phi) is 10.5. The van der Waals surface area contributed by atoms with Crippen molar-refractivity contribution in [2.45, 2.75) is 33.4 Å². The number of thiazole rings is 1. The number of rotatable bonds is 8. The van der Waals surface area contributed by atoms with Gasteiger partial charge in [-0.25, -0.2) is 4.98 Å². The highest BCUT2D eigenvalue weighted by Gasteiger charge is 2.10. The fourth-order valence-electron chi connectivity index (χ4n) is 2.52. The standard InChI is InChI=1S/C19H28N4O2S.HI/c1-6-9-25-17-8-7-15(10-18(17)24-5)11-21-19(20-3)23(4)12-16-13-26-14(2)22-16;/h7-8,10,13H,6,9,11-12H2,1-5H3,(H,20,21);1H. The van der Waals surface area contributed by atoms with E-state index >= 15 is 0 Å². The fraction of sp³-hybridized carbons (Fsp3) is 0.474. The Morgan fingerprint density at radius 1 is 1.33 bits per heavy atom. The summed E-state index contributed by atoms with van der Waals surface area (Å²) in [7, 11) is 5.45. The van der Waals surface area contributed by atoms with Gasteiger partial charge in [-0.3, -0.25) is 4.99 Å². The van der Waals surface area contributed by atoms with Crippen LogP contribution in [0.25, 0.3) is 0 Å². The predicted molar refractivity (Wildman–Crippen MR) is 123 cm³/mol. The van der Waals surface area contributed by atoms with Crippen LogP contribution in [-0.2, 0) is 13.1 Å². The second-order valence-corrected chi connectivity index (χ2v) is 7.01. The zero-order valence-corrected chi connectivity index (χ0v) is 19.8. The summed E-state index contributed by atoms with van der Waals surface area (Å²) in [5.74, 6) is 2.35. The number of benzene rings is 1. The van der Waals surface area contributed by atoms with E-state index in [4.69, 9.17) is 9.47 Å². The van der Waals surface area contributed by atoms with Crippen LogP contribution >= 0.6 is 35.3 Å². The van der Waals surface area contributed by atoms with Crippen LogP contribution in [0.4, 0.5) is 0 Å². The van der Waals surface area contributed by atoms with Crippen molar-refractivity contribution in [2.24, 2.45) is 4.99 Å². The van der Waals surface area contributed by atoms with Gasteiger partial charge in [-0.2, -0.15) is 0 Å². The molecule has 0 spiro atoms. The summed E-state index contributed by atoms with van der Waals surface area (Å²) in [5, 5.41) is 6.54.